The van der Waals surface area contributed by atoms with Gasteiger partial charge >= 0.3 is 0 Å². The summed E-state index contributed by atoms with van der Waals surface area (Å²) >= 11 is 3.32. The molecule has 5 nitrogen and oxygen atoms in total. The molecule has 2 aromatic carbocycles. The lowest BCUT2D eigenvalue weighted by molar-refractivity contribution is -0.116. The fraction of sp³-hybridized carbons (Fsp3) is 0.235. The molecule has 0 bridgehead atoms. The highest BCUT2D eigenvalue weighted by Gasteiger charge is 2.25. The SMILES string of the molecule is CCN(CC(=O)Nc1ccc(Br)cc1)S(=O)(=O)c1ccc(C)cc1. The predicted octanol–water partition coefficient (Wildman–Crippen LogP) is 3.41. The van der Waals surface area contributed by atoms with Crippen molar-refractivity contribution in [1.29, 1.82) is 0 Å². The van der Waals surface area contributed by atoms with Crippen LogP contribution in [0.25, 0.3) is 0 Å². The van der Waals surface area contributed by atoms with Gasteiger partial charge < -0.3 is 5.32 Å². The summed E-state index contributed by atoms with van der Waals surface area (Å²) in [5.41, 5.74) is 1.59. The number of sulfonamides is 1. The monoisotopic (exact) mass is 410 g/mol. The van der Waals surface area contributed by atoms with E-state index in [1.54, 1.807) is 55.5 Å². The lowest BCUT2D eigenvalue weighted by Gasteiger charge is -2.20. The number of carbonyl (C=O) groups is 1. The largest absolute Gasteiger partial charge is 0.325 e. The maximum atomic E-state index is 12.6. The normalized spacial score (nSPS) is 11.5. The molecule has 0 radical (unpaired) electrons. The molecule has 0 aliphatic carbocycles. The van der Waals surface area contributed by atoms with Crippen LogP contribution >= 0.6 is 15.9 Å². The topological polar surface area (TPSA) is 66.5 Å². The van der Waals surface area contributed by atoms with Crippen molar-refractivity contribution >= 4 is 37.5 Å². The summed E-state index contributed by atoms with van der Waals surface area (Å²) in [5.74, 6) is -0.380. The molecule has 0 heterocycles. The quantitative estimate of drug-likeness (QED) is 0.793. The molecule has 0 saturated carbocycles. The van der Waals surface area contributed by atoms with Crippen molar-refractivity contribution in [1.82, 2.24) is 4.31 Å². The highest BCUT2D eigenvalue weighted by molar-refractivity contribution is 9.10. The fourth-order valence-corrected chi connectivity index (χ4v) is 3.79. The van der Waals surface area contributed by atoms with Gasteiger partial charge in [-0.15, -0.1) is 0 Å². The Morgan fingerprint density at radius 1 is 1.08 bits per heavy atom. The first kappa shape index (κ1) is 18.6. The molecule has 1 N–H and O–H groups in total. The van der Waals surface area contributed by atoms with Crippen molar-refractivity contribution in [3.8, 4) is 0 Å². The van der Waals surface area contributed by atoms with Crippen molar-refractivity contribution < 1.29 is 13.2 Å². The Labute approximate surface area is 150 Å². The van der Waals surface area contributed by atoms with Gasteiger partial charge in [-0.2, -0.15) is 4.31 Å². The van der Waals surface area contributed by atoms with Gasteiger partial charge in [0.2, 0.25) is 15.9 Å². The van der Waals surface area contributed by atoms with Crippen molar-refractivity contribution in [3.05, 3.63) is 58.6 Å². The molecule has 7 heteroatoms. The summed E-state index contributed by atoms with van der Waals surface area (Å²) in [6.07, 6.45) is 0. The lowest BCUT2D eigenvalue weighted by Crippen LogP contribution is -2.37. The van der Waals surface area contributed by atoms with E-state index in [0.717, 1.165) is 14.3 Å². The third kappa shape index (κ3) is 4.66. The number of rotatable bonds is 6. The number of likely N-dealkylation sites (N-methyl/N-ethyl adjacent to an activating group) is 1. The maximum Gasteiger partial charge on any atom is 0.243 e. The Kier molecular flexibility index (Phi) is 6.15. The molecule has 0 spiro atoms. The molecule has 1 amide bonds. The number of aryl methyl sites for hydroxylation is 1. The third-order valence-corrected chi connectivity index (χ3v) is 5.92. The van der Waals surface area contributed by atoms with Crippen LogP contribution in [-0.2, 0) is 14.8 Å². The van der Waals surface area contributed by atoms with Crippen LogP contribution in [0.1, 0.15) is 12.5 Å². The van der Waals surface area contributed by atoms with Crippen LogP contribution in [0.2, 0.25) is 0 Å². The average molecular weight is 411 g/mol. The average Bonchev–Trinajstić information content (AvgIpc) is 2.55. The van der Waals surface area contributed by atoms with Gasteiger partial charge in [-0.05, 0) is 43.3 Å². The second-order valence-corrected chi connectivity index (χ2v) is 8.15. The van der Waals surface area contributed by atoms with E-state index in [2.05, 4.69) is 21.2 Å². The van der Waals surface area contributed by atoms with Gasteiger partial charge in [-0.25, -0.2) is 8.42 Å². The molecule has 0 aliphatic rings. The first-order valence-electron chi connectivity index (χ1n) is 7.45. The zero-order valence-electron chi connectivity index (χ0n) is 13.5. The summed E-state index contributed by atoms with van der Waals surface area (Å²) in [5, 5.41) is 2.70. The summed E-state index contributed by atoms with van der Waals surface area (Å²) in [6, 6.07) is 13.7. The highest BCUT2D eigenvalue weighted by atomic mass is 79.9. The number of anilines is 1. The van der Waals surface area contributed by atoms with E-state index in [0.29, 0.717) is 5.69 Å². The number of benzene rings is 2. The first-order chi connectivity index (χ1) is 11.3. The van der Waals surface area contributed by atoms with Crippen LogP contribution in [0.3, 0.4) is 0 Å². The molecule has 0 fully saturated rings. The molecule has 24 heavy (non-hydrogen) atoms. The standard InChI is InChI=1S/C17H19BrN2O3S/c1-3-20(24(22,23)16-10-4-13(2)5-11-16)12-17(21)19-15-8-6-14(18)7-9-15/h4-11H,3,12H2,1-2H3,(H,19,21). The summed E-state index contributed by atoms with van der Waals surface area (Å²) in [7, 11) is -3.70. The number of halogens is 1. The number of hydrogen-bond acceptors (Lipinski definition) is 3. The Morgan fingerprint density at radius 3 is 2.21 bits per heavy atom. The van der Waals surface area contributed by atoms with Crippen LogP contribution in [0.15, 0.2) is 57.9 Å². The third-order valence-electron chi connectivity index (χ3n) is 3.46. The van der Waals surface area contributed by atoms with Crippen LogP contribution in [0.4, 0.5) is 5.69 Å². The van der Waals surface area contributed by atoms with Crippen molar-refractivity contribution in [2.45, 2.75) is 18.7 Å². The van der Waals surface area contributed by atoms with Crippen LogP contribution in [-0.4, -0.2) is 31.7 Å². The molecule has 0 aromatic heterocycles. The number of nitrogens with zero attached hydrogens (tertiary/aromatic N) is 1. The Balaban J connectivity index is 2.11. The Bertz CT molecular complexity index is 803. The molecule has 0 saturated heterocycles. The van der Waals surface area contributed by atoms with Crippen LogP contribution in [0.5, 0.6) is 0 Å². The fourth-order valence-electron chi connectivity index (χ4n) is 2.12. The molecular formula is C17H19BrN2O3S. The van der Waals surface area contributed by atoms with Crippen molar-refractivity contribution in [2.24, 2.45) is 0 Å². The number of nitrogens with one attached hydrogen (secondary N) is 1. The summed E-state index contributed by atoms with van der Waals surface area (Å²) in [4.78, 5) is 12.4. The van der Waals surface area contributed by atoms with E-state index in [1.807, 2.05) is 6.92 Å². The maximum absolute atomic E-state index is 12.6. The number of hydrogen-bond donors (Lipinski definition) is 1. The first-order valence-corrected chi connectivity index (χ1v) is 9.68. The molecule has 0 atom stereocenters. The van der Waals surface area contributed by atoms with Gasteiger partial charge in [0.15, 0.2) is 0 Å². The summed E-state index contributed by atoms with van der Waals surface area (Å²) in [6.45, 7) is 3.57. The zero-order chi connectivity index (χ0) is 17.7. The van der Waals surface area contributed by atoms with Crippen molar-refractivity contribution in [2.75, 3.05) is 18.4 Å². The van der Waals surface area contributed by atoms with E-state index in [4.69, 9.17) is 0 Å². The smallest absolute Gasteiger partial charge is 0.243 e. The van der Waals surface area contributed by atoms with Crippen LogP contribution in [0, 0.1) is 6.92 Å². The number of amides is 1. The van der Waals surface area contributed by atoms with Gasteiger partial charge in [0.05, 0.1) is 11.4 Å². The van der Waals surface area contributed by atoms with Gasteiger partial charge in [0.1, 0.15) is 0 Å². The summed E-state index contributed by atoms with van der Waals surface area (Å²) < 4.78 is 27.4. The van der Waals surface area contributed by atoms with E-state index in [1.165, 1.54) is 0 Å². The van der Waals surface area contributed by atoms with Crippen LogP contribution < -0.4 is 5.32 Å². The second kappa shape index (κ2) is 7.92. The Hall–Kier alpha value is -1.70. The molecular weight excluding hydrogens is 392 g/mol. The van der Waals surface area contributed by atoms with E-state index < -0.39 is 10.0 Å². The predicted molar refractivity (Wildman–Crippen MR) is 98.4 cm³/mol. The van der Waals surface area contributed by atoms with Gasteiger partial charge in [-0.1, -0.05) is 40.5 Å². The van der Waals surface area contributed by atoms with E-state index in [9.17, 15) is 13.2 Å². The van der Waals surface area contributed by atoms with Gasteiger partial charge in [0.25, 0.3) is 0 Å². The molecule has 128 valence electrons. The zero-order valence-corrected chi connectivity index (χ0v) is 15.9. The molecule has 2 rings (SSSR count). The van der Waals surface area contributed by atoms with E-state index >= 15 is 0 Å². The van der Waals surface area contributed by atoms with Gasteiger partial charge in [-0.3, -0.25) is 4.79 Å². The minimum absolute atomic E-state index is 0.186. The van der Waals surface area contributed by atoms with E-state index in [-0.39, 0.29) is 23.9 Å². The molecule has 0 aliphatic heterocycles. The number of carbonyl (C=O) groups excluding carboxylic acids is 1. The highest BCUT2D eigenvalue weighted by Crippen LogP contribution is 2.17. The second-order valence-electron chi connectivity index (χ2n) is 5.30. The minimum atomic E-state index is -3.70. The molecule has 2 aromatic rings. The van der Waals surface area contributed by atoms with Gasteiger partial charge in [0, 0.05) is 16.7 Å². The molecule has 0 unspecified atom stereocenters. The lowest BCUT2D eigenvalue weighted by atomic mass is 10.2. The van der Waals surface area contributed by atoms with Crippen molar-refractivity contribution in [3.63, 3.8) is 0 Å². The Morgan fingerprint density at radius 2 is 1.67 bits per heavy atom. The minimum Gasteiger partial charge on any atom is -0.325 e.